The number of benzene rings is 3. The quantitative estimate of drug-likeness (QED) is 0.326. The summed E-state index contributed by atoms with van der Waals surface area (Å²) in [5, 5.41) is 4.77. The maximum atomic E-state index is 13.5. The van der Waals surface area contributed by atoms with Gasteiger partial charge in [-0.1, -0.05) is 78.9 Å². The topological polar surface area (TPSA) is 64.3 Å². The minimum atomic E-state index is -3.82. The fourth-order valence-corrected chi connectivity index (χ4v) is 5.51. The van der Waals surface area contributed by atoms with E-state index in [1.165, 1.54) is 6.20 Å². The Balaban J connectivity index is 1.86. The molecule has 0 amide bonds. The van der Waals surface area contributed by atoms with Crippen LogP contribution in [0.15, 0.2) is 111 Å². The van der Waals surface area contributed by atoms with Gasteiger partial charge in [-0.3, -0.25) is 0 Å². The number of hydrogen-bond donors (Lipinski definition) is 0. The first-order valence-electron chi connectivity index (χ1n) is 9.55. The van der Waals surface area contributed by atoms with Crippen LogP contribution in [0.4, 0.5) is 0 Å². The Hall–Kier alpha value is -3.29. The van der Waals surface area contributed by atoms with Crippen molar-refractivity contribution in [1.82, 2.24) is 14.6 Å². The van der Waals surface area contributed by atoms with E-state index in [1.807, 2.05) is 60.7 Å². The highest BCUT2D eigenvalue weighted by Crippen LogP contribution is 2.36. The predicted octanol–water partition coefficient (Wildman–Crippen LogP) is 5.66. The molecule has 0 saturated carbocycles. The summed E-state index contributed by atoms with van der Waals surface area (Å²) < 4.78 is 29.4. The highest BCUT2D eigenvalue weighted by atomic mass is 79.9. The molecule has 152 valence electrons. The standard InChI is InChI=1S/C24H16BrN3O2S/c25-21-22(17-10-4-1-5-11-17)27-28-23(18-12-6-2-7-13-18)20(16-26-24(21)28)31(29,30)19-14-8-3-9-15-19/h1-16H. The van der Waals surface area contributed by atoms with Gasteiger partial charge in [0.1, 0.15) is 10.6 Å². The van der Waals surface area contributed by atoms with Crippen LogP contribution in [0.2, 0.25) is 0 Å². The van der Waals surface area contributed by atoms with Gasteiger partial charge in [0, 0.05) is 11.1 Å². The van der Waals surface area contributed by atoms with Crippen LogP contribution < -0.4 is 0 Å². The molecule has 2 heterocycles. The van der Waals surface area contributed by atoms with Crippen LogP contribution in [0.1, 0.15) is 0 Å². The Kier molecular flexibility index (Phi) is 4.92. The molecule has 31 heavy (non-hydrogen) atoms. The zero-order valence-corrected chi connectivity index (χ0v) is 18.6. The summed E-state index contributed by atoms with van der Waals surface area (Å²) in [6.45, 7) is 0. The first kappa shape index (κ1) is 19.7. The van der Waals surface area contributed by atoms with Crippen molar-refractivity contribution in [3.63, 3.8) is 0 Å². The van der Waals surface area contributed by atoms with Gasteiger partial charge in [-0.2, -0.15) is 5.10 Å². The van der Waals surface area contributed by atoms with Gasteiger partial charge in [0.05, 0.1) is 21.3 Å². The second-order valence-corrected chi connectivity index (χ2v) is 9.63. The van der Waals surface area contributed by atoms with Gasteiger partial charge in [0.15, 0.2) is 5.65 Å². The summed E-state index contributed by atoms with van der Waals surface area (Å²) in [5.74, 6) is 0. The lowest BCUT2D eigenvalue weighted by Crippen LogP contribution is -2.09. The van der Waals surface area contributed by atoms with Crippen molar-refractivity contribution in [2.45, 2.75) is 9.79 Å². The molecule has 0 N–H and O–H groups in total. The maximum absolute atomic E-state index is 13.5. The van der Waals surface area contributed by atoms with Gasteiger partial charge < -0.3 is 0 Å². The molecule has 0 atom stereocenters. The molecule has 0 aliphatic heterocycles. The van der Waals surface area contributed by atoms with Crippen molar-refractivity contribution in [2.24, 2.45) is 0 Å². The van der Waals surface area contributed by atoms with Crippen LogP contribution in [-0.4, -0.2) is 23.0 Å². The molecule has 0 radical (unpaired) electrons. The van der Waals surface area contributed by atoms with Gasteiger partial charge in [-0.25, -0.2) is 17.9 Å². The molecule has 3 aromatic carbocycles. The molecular formula is C24H16BrN3O2S. The molecule has 0 saturated heterocycles. The van der Waals surface area contributed by atoms with Gasteiger partial charge in [0.25, 0.3) is 0 Å². The van der Waals surface area contributed by atoms with E-state index < -0.39 is 9.84 Å². The minimum absolute atomic E-state index is 0.104. The fraction of sp³-hybridized carbons (Fsp3) is 0. The summed E-state index contributed by atoms with van der Waals surface area (Å²) in [5.41, 5.74) is 3.35. The van der Waals surface area contributed by atoms with E-state index in [1.54, 1.807) is 34.8 Å². The Morgan fingerprint density at radius 1 is 0.742 bits per heavy atom. The molecule has 0 bridgehead atoms. The third kappa shape index (κ3) is 3.36. The van der Waals surface area contributed by atoms with E-state index in [0.717, 1.165) is 11.1 Å². The van der Waals surface area contributed by atoms with Gasteiger partial charge in [-0.15, -0.1) is 0 Å². The van der Waals surface area contributed by atoms with Crippen molar-refractivity contribution in [3.8, 4) is 22.5 Å². The second-order valence-electron chi connectivity index (χ2n) is 6.92. The number of hydrogen-bond acceptors (Lipinski definition) is 4. The third-order valence-electron chi connectivity index (χ3n) is 4.99. The molecule has 0 spiro atoms. The van der Waals surface area contributed by atoms with Crippen LogP contribution in [-0.2, 0) is 9.84 Å². The number of aromatic nitrogens is 3. The molecule has 5 nitrogen and oxygen atoms in total. The first-order chi connectivity index (χ1) is 15.1. The normalized spacial score (nSPS) is 11.6. The van der Waals surface area contributed by atoms with Crippen LogP contribution in [0, 0.1) is 0 Å². The highest BCUT2D eigenvalue weighted by molar-refractivity contribution is 9.10. The monoisotopic (exact) mass is 489 g/mol. The van der Waals surface area contributed by atoms with Crippen LogP contribution >= 0.6 is 15.9 Å². The van der Waals surface area contributed by atoms with E-state index in [-0.39, 0.29) is 9.79 Å². The number of halogens is 1. The summed E-state index contributed by atoms with van der Waals surface area (Å²) in [6.07, 6.45) is 1.42. The van der Waals surface area contributed by atoms with E-state index in [0.29, 0.717) is 21.5 Å². The molecule has 2 aromatic heterocycles. The Bertz CT molecular complexity index is 1480. The molecule has 0 fully saturated rings. The van der Waals surface area contributed by atoms with Crippen molar-refractivity contribution in [1.29, 1.82) is 0 Å². The zero-order chi connectivity index (χ0) is 21.4. The summed E-state index contributed by atoms with van der Waals surface area (Å²) in [4.78, 5) is 4.79. The van der Waals surface area contributed by atoms with Crippen molar-refractivity contribution < 1.29 is 8.42 Å². The summed E-state index contributed by atoms with van der Waals surface area (Å²) in [6, 6.07) is 27.5. The molecule has 0 unspecified atom stereocenters. The Morgan fingerprint density at radius 2 is 1.29 bits per heavy atom. The lowest BCUT2D eigenvalue weighted by molar-refractivity contribution is 0.595. The molecule has 0 aliphatic carbocycles. The van der Waals surface area contributed by atoms with Crippen LogP contribution in [0.5, 0.6) is 0 Å². The predicted molar refractivity (Wildman–Crippen MR) is 123 cm³/mol. The van der Waals surface area contributed by atoms with Gasteiger partial charge >= 0.3 is 0 Å². The molecule has 0 aliphatic rings. The highest BCUT2D eigenvalue weighted by Gasteiger charge is 2.27. The number of rotatable bonds is 4. The van der Waals surface area contributed by atoms with Crippen molar-refractivity contribution in [2.75, 3.05) is 0 Å². The Labute approximate surface area is 188 Å². The number of fused-ring (bicyclic) bond motifs is 1. The molecule has 7 heteroatoms. The smallest absolute Gasteiger partial charge is 0.210 e. The molecule has 5 aromatic rings. The van der Waals surface area contributed by atoms with Gasteiger partial charge in [0.2, 0.25) is 9.84 Å². The minimum Gasteiger partial charge on any atom is -0.235 e. The number of nitrogens with zero attached hydrogens (tertiary/aromatic N) is 3. The van der Waals surface area contributed by atoms with Crippen LogP contribution in [0.25, 0.3) is 28.2 Å². The first-order valence-corrected chi connectivity index (χ1v) is 11.8. The fourth-order valence-electron chi connectivity index (χ4n) is 3.51. The molecular weight excluding hydrogens is 474 g/mol. The van der Waals surface area contributed by atoms with E-state index in [4.69, 9.17) is 5.10 Å². The maximum Gasteiger partial charge on any atom is 0.210 e. The lowest BCUT2D eigenvalue weighted by atomic mass is 10.1. The van der Waals surface area contributed by atoms with E-state index in [2.05, 4.69) is 20.9 Å². The largest absolute Gasteiger partial charge is 0.235 e. The average Bonchev–Trinajstić information content (AvgIpc) is 3.16. The number of sulfone groups is 1. The van der Waals surface area contributed by atoms with Crippen LogP contribution in [0.3, 0.4) is 0 Å². The SMILES string of the molecule is O=S(=O)(c1ccccc1)c1cnc2c(Br)c(-c3ccccc3)nn2c1-c1ccccc1. The average molecular weight is 490 g/mol. The van der Waals surface area contributed by atoms with Gasteiger partial charge in [-0.05, 0) is 28.1 Å². The van der Waals surface area contributed by atoms with E-state index in [9.17, 15) is 8.42 Å². The van der Waals surface area contributed by atoms with E-state index >= 15 is 0 Å². The van der Waals surface area contributed by atoms with Crippen molar-refractivity contribution in [3.05, 3.63) is 102 Å². The summed E-state index contributed by atoms with van der Waals surface area (Å²) >= 11 is 3.62. The lowest BCUT2D eigenvalue weighted by Gasteiger charge is -2.12. The third-order valence-corrected chi connectivity index (χ3v) is 7.49. The zero-order valence-electron chi connectivity index (χ0n) is 16.2. The Morgan fingerprint density at radius 3 is 1.90 bits per heavy atom. The van der Waals surface area contributed by atoms with Crippen molar-refractivity contribution >= 4 is 31.4 Å². The molecule has 5 rings (SSSR count). The summed E-state index contributed by atoms with van der Waals surface area (Å²) in [7, 11) is -3.82. The second kappa shape index (κ2) is 7.76.